The Bertz CT molecular complexity index is 3480. The van der Waals surface area contributed by atoms with E-state index in [9.17, 15) is 0 Å². The van der Waals surface area contributed by atoms with Crippen molar-refractivity contribution in [1.29, 1.82) is 0 Å². The summed E-state index contributed by atoms with van der Waals surface area (Å²) in [5.41, 5.74) is 14.5. The smallest absolute Gasteiger partial charge is 0.164 e. The summed E-state index contributed by atoms with van der Waals surface area (Å²) in [7, 11) is 0. The Kier molecular flexibility index (Phi) is 8.42. The zero-order chi connectivity index (χ0) is 41.0. The van der Waals surface area contributed by atoms with E-state index in [1.54, 1.807) is 0 Å². The molecule has 0 aliphatic carbocycles. The monoisotopic (exact) mass is 792 g/mol. The third-order valence-electron chi connectivity index (χ3n) is 11.9. The number of benzene rings is 9. The van der Waals surface area contributed by atoms with Gasteiger partial charge in [-0.1, -0.05) is 182 Å². The fraction of sp³-hybridized carbons (Fsp3) is 0. The summed E-state index contributed by atoms with van der Waals surface area (Å²) < 4.78 is 9.30. The van der Waals surface area contributed by atoms with Crippen LogP contribution < -0.4 is 0 Å². The maximum absolute atomic E-state index is 6.96. The normalized spacial score (nSPS) is 11.5. The Morgan fingerprint density at radius 2 is 0.710 bits per heavy atom. The summed E-state index contributed by atoms with van der Waals surface area (Å²) in [6.45, 7) is 0. The Balaban J connectivity index is 0.996. The number of hydrogen-bond acceptors (Lipinski definition) is 4. The minimum absolute atomic E-state index is 0.574. The van der Waals surface area contributed by atoms with Crippen molar-refractivity contribution in [3.63, 3.8) is 0 Å². The second kappa shape index (κ2) is 14.7. The first-order valence-corrected chi connectivity index (χ1v) is 20.8. The number of fused-ring (bicyclic) bond motifs is 7. The summed E-state index contributed by atoms with van der Waals surface area (Å²) in [5.74, 6) is 1.78. The molecule has 0 amide bonds. The Morgan fingerprint density at radius 3 is 1.26 bits per heavy atom. The quantitative estimate of drug-likeness (QED) is 0.161. The summed E-state index contributed by atoms with van der Waals surface area (Å²) in [6.07, 6.45) is 0. The average molecular weight is 793 g/mol. The van der Waals surface area contributed by atoms with Gasteiger partial charge in [-0.15, -0.1) is 0 Å². The van der Waals surface area contributed by atoms with Crippen molar-refractivity contribution in [2.45, 2.75) is 0 Å². The molecule has 0 aliphatic rings. The summed E-state index contributed by atoms with van der Waals surface area (Å²) in [5, 5.41) is 4.40. The lowest BCUT2D eigenvalue weighted by atomic mass is 10.0. The maximum Gasteiger partial charge on any atom is 0.164 e. The Hall–Kier alpha value is -8.41. The third kappa shape index (κ3) is 6.14. The number of aromatic nitrogens is 4. The van der Waals surface area contributed by atoms with Gasteiger partial charge in [0.05, 0.1) is 11.0 Å². The van der Waals surface area contributed by atoms with Gasteiger partial charge in [-0.3, -0.25) is 0 Å². The summed E-state index contributed by atoms with van der Waals surface area (Å²) >= 11 is 0. The minimum atomic E-state index is 0.574. The van der Waals surface area contributed by atoms with Crippen LogP contribution in [0.3, 0.4) is 0 Å². The second-order valence-electron chi connectivity index (χ2n) is 15.6. The third-order valence-corrected chi connectivity index (χ3v) is 11.9. The van der Waals surface area contributed by atoms with E-state index < -0.39 is 0 Å². The van der Waals surface area contributed by atoms with E-state index in [0.29, 0.717) is 17.5 Å². The van der Waals surface area contributed by atoms with Crippen LogP contribution in [-0.2, 0) is 0 Å². The molecule has 0 radical (unpaired) electrons. The van der Waals surface area contributed by atoms with Crippen LogP contribution in [-0.4, -0.2) is 19.5 Å². The predicted octanol–water partition coefficient (Wildman–Crippen LogP) is 14.9. The van der Waals surface area contributed by atoms with Crippen molar-refractivity contribution in [1.82, 2.24) is 19.5 Å². The molecule has 3 heterocycles. The van der Waals surface area contributed by atoms with Gasteiger partial charge in [0.1, 0.15) is 5.58 Å². The van der Waals surface area contributed by atoms with E-state index in [4.69, 9.17) is 19.4 Å². The molecule has 0 saturated heterocycles. The molecule has 0 aliphatic heterocycles. The first-order chi connectivity index (χ1) is 30.7. The Labute approximate surface area is 357 Å². The Morgan fingerprint density at radius 1 is 0.306 bits per heavy atom. The highest BCUT2D eigenvalue weighted by Crippen LogP contribution is 2.41. The van der Waals surface area contributed by atoms with Crippen LogP contribution in [0.15, 0.2) is 223 Å². The SMILES string of the molecule is c1ccc(-c2ccc(-c3nc(-c4ccc(-c5ccccc5)cc4)nc(-c4ccc5c(c4)oc4c5ccc5c6ccccc6n(-c6ccc(-c7ccccc7)cc6)c54)n3)cc2)cc1. The predicted molar refractivity (Wildman–Crippen MR) is 254 cm³/mol. The van der Waals surface area contributed by atoms with Gasteiger partial charge >= 0.3 is 0 Å². The number of para-hydroxylation sites is 1. The second-order valence-corrected chi connectivity index (χ2v) is 15.6. The molecule has 290 valence electrons. The number of furan rings is 1. The van der Waals surface area contributed by atoms with Gasteiger partial charge < -0.3 is 8.98 Å². The van der Waals surface area contributed by atoms with Crippen molar-refractivity contribution in [3.8, 4) is 73.2 Å². The molecule has 3 aromatic heterocycles. The fourth-order valence-corrected chi connectivity index (χ4v) is 8.77. The molecule has 0 N–H and O–H groups in total. The fourth-order valence-electron chi connectivity index (χ4n) is 8.77. The average Bonchev–Trinajstić information content (AvgIpc) is 3.90. The molecule has 0 fully saturated rings. The summed E-state index contributed by atoms with van der Waals surface area (Å²) in [4.78, 5) is 15.3. The summed E-state index contributed by atoms with van der Waals surface area (Å²) in [6, 6.07) is 76.3. The van der Waals surface area contributed by atoms with Gasteiger partial charge in [-0.05, 0) is 69.8 Å². The number of rotatable bonds is 7. The molecule has 0 spiro atoms. The molecule has 12 rings (SSSR count). The lowest BCUT2D eigenvalue weighted by Crippen LogP contribution is -2.00. The highest BCUT2D eigenvalue weighted by molar-refractivity contribution is 6.21. The molecule has 62 heavy (non-hydrogen) atoms. The molecule has 0 saturated carbocycles. The molecule has 5 heteroatoms. The van der Waals surface area contributed by atoms with Crippen LogP contribution in [0, 0.1) is 0 Å². The lowest BCUT2D eigenvalue weighted by Gasteiger charge is -2.10. The van der Waals surface area contributed by atoms with Crippen LogP contribution in [0.5, 0.6) is 0 Å². The van der Waals surface area contributed by atoms with Gasteiger partial charge in [-0.25, -0.2) is 15.0 Å². The first kappa shape index (κ1) is 35.5. The van der Waals surface area contributed by atoms with Crippen LogP contribution in [0.2, 0.25) is 0 Å². The highest BCUT2D eigenvalue weighted by Gasteiger charge is 2.20. The zero-order valence-corrected chi connectivity index (χ0v) is 33.5. The topological polar surface area (TPSA) is 56.7 Å². The van der Waals surface area contributed by atoms with Crippen molar-refractivity contribution in [2.75, 3.05) is 0 Å². The van der Waals surface area contributed by atoms with Gasteiger partial charge in [0.2, 0.25) is 0 Å². The maximum atomic E-state index is 6.96. The van der Waals surface area contributed by atoms with Crippen molar-refractivity contribution < 1.29 is 4.42 Å². The van der Waals surface area contributed by atoms with Gasteiger partial charge in [-0.2, -0.15) is 0 Å². The van der Waals surface area contributed by atoms with E-state index in [1.165, 1.54) is 16.5 Å². The zero-order valence-electron chi connectivity index (χ0n) is 33.5. The van der Waals surface area contributed by atoms with Crippen LogP contribution in [0.25, 0.3) is 117 Å². The van der Waals surface area contributed by atoms with E-state index in [0.717, 1.165) is 83.0 Å². The molecule has 0 atom stereocenters. The highest BCUT2D eigenvalue weighted by atomic mass is 16.3. The standard InChI is InChI=1S/C57H36N4O/c1-4-12-37(13-5-1)40-20-24-43(25-21-40)55-58-56(44-26-22-41(23-27-44)38-14-6-2-7-15-38)60-57(59-55)45-30-33-48-50-35-34-49-47-18-10-11-19-51(47)61(53(49)54(50)62-52(48)36-45)46-31-28-42(29-32-46)39-16-8-3-9-17-39/h1-36H. The van der Waals surface area contributed by atoms with Crippen molar-refractivity contribution >= 4 is 43.7 Å². The van der Waals surface area contributed by atoms with E-state index in [1.807, 2.05) is 18.2 Å². The van der Waals surface area contributed by atoms with E-state index in [2.05, 4.69) is 205 Å². The molecule has 0 bridgehead atoms. The number of hydrogen-bond donors (Lipinski definition) is 0. The van der Waals surface area contributed by atoms with Crippen molar-refractivity contribution in [2.24, 2.45) is 0 Å². The van der Waals surface area contributed by atoms with Crippen LogP contribution in [0.4, 0.5) is 0 Å². The minimum Gasteiger partial charge on any atom is -0.454 e. The van der Waals surface area contributed by atoms with Gasteiger partial charge in [0.25, 0.3) is 0 Å². The first-order valence-electron chi connectivity index (χ1n) is 20.8. The lowest BCUT2D eigenvalue weighted by molar-refractivity contribution is 0.671. The molecule has 12 aromatic rings. The van der Waals surface area contributed by atoms with Crippen LogP contribution in [0.1, 0.15) is 0 Å². The molecular weight excluding hydrogens is 757 g/mol. The van der Waals surface area contributed by atoms with E-state index >= 15 is 0 Å². The van der Waals surface area contributed by atoms with Gasteiger partial charge in [0.15, 0.2) is 23.1 Å². The molecule has 9 aromatic carbocycles. The molecular formula is C57H36N4O. The largest absolute Gasteiger partial charge is 0.454 e. The molecule has 5 nitrogen and oxygen atoms in total. The van der Waals surface area contributed by atoms with Crippen molar-refractivity contribution in [3.05, 3.63) is 218 Å². The van der Waals surface area contributed by atoms with Gasteiger partial charge in [0, 0.05) is 43.9 Å². The van der Waals surface area contributed by atoms with Crippen LogP contribution >= 0.6 is 0 Å². The number of nitrogens with zero attached hydrogens (tertiary/aromatic N) is 4. The van der Waals surface area contributed by atoms with E-state index in [-0.39, 0.29) is 0 Å². The molecule has 0 unspecified atom stereocenters.